The van der Waals surface area contributed by atoms with Gasteiger partial charge in [-0.25, -0.2) is 0 Å². The number of hydrogen-bond donors (Lipinski definition) is 1. The molecule has 0 fully saturated rings. The summed E-state index contributed by atoms with van der Waals surface area (Å²) in [7, 11) is 3.80. The number of unbranched alkanes of at least 4 members (excludes halogenated alkanes) is 4. The molecule has 0 aromatic rings. The number of ether oxygens (including phenoxy) is 2. The summed E-state index contributed by atoms with van der Waals surface area (Å²) >= 11 is 0. The van der Waals surface area contributed by atoms with Crippen LogP contribution in [0.2, 0.25) is 0 Å². The van der Waals surface area contributed by atoms with Crippen molar-refractivity contribution in [2.75, 3.05) is 53.6 Å². The maximum atomic E-state index is 5.45. The van der Waals surface area contributed by atoms with E-state index < -0.39 is 0 Å². The van der Waals surface area contributed by atoms with E-state index in [0.717, 1.165) is 51.5 Å². The van der Waals surface area contributed by atoms with E-state index in [-0.39, 0.29) is 0 Å². The maximum Gasteiger partial charge on any atom is 0.193 e. The van der Waals surface area contributed by atoms with Crippen molar-refractivity contribution < 1.29 is 9.47 Å². The van der Waals surface area contributed by atoms with Gasteiger partial charge in [-0.05, 0) is 39.0 Å². The molecule has 0 aliphatic carbocycles. The Morgan fingerprint density at radius 3 is 2.65 bits per heavy atom. The minimum Gasteiger partial charge on any atom is -0.382 e. The molecule has 0 aromatic carbocycles. The van der Waals surface area contributed by atoms with Crippen LogP contribution in [-0.4, -0.2) is 64.5 Å². The SMILES string of the molecule is C=CCCCCCN(C)C(=NCCCCOCCOC)NCC. The number of nitrogens with one attached hydrogen (secondary N) is 1. The van der Waals surface area contributed by atoms with Crippen molar-refractivity contribution in [2.24, 2.45) is 4.99 Å². The summed E-state index contributed by atoms with van der Waals surface area (Å²) in [5, 5.41) is 3.37. The molecule has 0 saturated carbocycles. The fourth-order valence-corrected chi connectivity index (χ4v) is 2.14. The lowest BCUT2D eigenvalue weighted by atomic mass is 10.2. The average molecular weight is 328 g/mol. The highest BCUT2D eigenvalue weighted by atomic mass is 16.5. The van der Waals surface area contributed by atoms with E-state index in [4.69, 9.17) is 14.5 Å². The molecule has 0 spiro atoms. The second kappa shape index (κ2) is 17.3. The monoisotopic (exact) mass is 327 g/mol. The zero-order valence-corrected chi connectivity index (χ0v) is 15.5. The summed E-state index contributed by atoms with van der Waals surface area (Å²) in [4.78, 5) is 6.93. The lowest BCUT2D eigenvalue weighted by Crippen LogP contribution is -2.39. The second-order valence-corrected chi connectivity index (χ2v) is 5.61. The predicted molar refractivity (Wildman–Crippen MR) is 99.2 cm³/mol. The van der Waals surface area contributed by atoms with Gasteiger partial charge in [0.05, 0.1) is 13.2 Å². The Morgan fingerprint density at radius 2 is 1.96 bits per heavy atom. The molecule has 0 bridgehead atoms. The Labute approximate surface area is 143 Å². The van der Waals surface area contributed by atoms with Gasteiger partial charge in [0, 0.05) is 40.4 Å². The van der Waals surface area contributed by atoms with Gasteiger partial charge in [-0.15, -0.1) is 6.58 Å². The quantitative estimate of drug-likeness (QED) is 0.217. The molecular formula is C18H37N3O2. The normalized spacial score (nSPS) is 11.5. The first-order chi connectivity index (χ1) is 11.3. The van der Waals surface area contributed by atoms with Gasteiger partial charge in [0.15, 0.2) is 5.96 Å². The molecule has 23 heavy (non-hydrogen) atoms. The Bertz CT molecular complexity index is 296. The van der Waals surface area contributed by atoms with Gasteiger partial charge in [-0.2, -0.15) is 0 Å². The number of rotatable bonds is 15. The molecule has 5 heteroatoms. The molecule has 0 rings (SSSR count). The number of hydrogen-bond acceptors (Lipinski definition) is 3. The van der Waals surface area contributed by atoms with Crippen molar-refractivity contribution in [1.29, 1.82) is 0 Å². The third-order valence-electron chi connectivity index (χ3n) is 3.49. The summed E-state index contributed by atoms with van der Waals surface area (Å²) in [6.07, 6.45) is 8.87. The van der Waals surface area contributed by atoms with Crippen molar-refractivity contribution in [3.63, 3.8) is 0 Å². The molecule has 0 amide bonds. The van der Waals surface area contributed by atoms with Crippen LogP contribution in [0.3, 0.4) is 0 Å². The molecule has 0 heterocycles. The summed E-state index contributed by atoms with van der Waals surface area (Å²) < 4.78 is 10.4. The van der Waals surface area contributed by atoms with Crippen LogP contribution in [0, 0.1) is 0 Å². The van der Waals surface area contributed by atoms with Crippen LogP contribution in [0.4, 0.5) is 0 Å². The van der Waals surface area contributed by atoms with Crippen molar-refractivity contribution in [3.8, 4) is 0 Å². The molecular weight excluding hydrogens is 290 g/mol. The molecule has 0 atom stereocenters. The molecule has 1 N–H and O–H groups in total. The molecule has 136 valence electrons. The molecule has 0 aliphatic heterocycles. The molecule has 5 nitrogen and oxygen atoms in total. The smallest absolute Gasteiger partial charge is 0.193 e. The van der Waals surface area contributed by atoms with E-state index in [1.165, 1.54) is 19.3 Å². The predicted octanol–water partition coefficient (Wildman–Crippen LogP) is 3.07. The Hall–Kier alpha value is -1.07. The highest BCUT2D eigenvalue weighted by Crippen LogP contribution is 2.02. The lowest BCUT2D eigenvalue weighted by Gasteiger charge is -2.22. The summed E-state index contributed by atoms with van der Waals surface area (Å²) in [5.41, 5.74) is 0. The third kappa shape index (κ3) is 14.3. The maximum absolute atomic E-state index is 5.45. The van der Waals surface area contributed by atoms with Crippen molar-refractivity contribution in [1.82, 2.24) is 10.2 Å². The first-order valence-electron chi connectivity index (χ1n) is 8.93. The molecule has 0 saturated heterocycles. The van der Waals surface area contributed by atoms with Crippen molar-refractivity contribution >= 4 is 5.96 Å². The van der Waals surface area contributed by atoms with Crippen molar-refractivity contribution in [2.45, 2.75) is 45.4 Å². The fourth-order valence-electron chi connectivity index (χ4n) is 2.14. The summed E-state index contributed by atoms with van der Waals surface area (Å²) in [6, 6.07) is 0. The Balaban J connectivity index is 3.85. The van der Waals surface area contributed by atoms with E-state index in [1.54, 1.807) is 7.11 Å². The van der Waals surface area contributed by atoms with Crippen LogP contribution in [0.1, 0.15) is 45.4 Å². The minimum atomic E-state index is 0.667. The van der Waals surface area contributed by atoms with Crippen LogP contribution >= 0.6 is 0 Å². The summed E-state index contributed by atoms with van der Waals surface area (Å²) in [6.45, 7) is 10.8. The van der Waals surface area contributed by atoms with E-state index in [1.807, 2.05) is 6.08 Å². The average Bonchev–Trinajstić information content (AvgIpc) is 2.56. The highest BCUT2D eigenvalue weighted by molar-refractivity contribution is 5.79. The standard InChI is InChI=1S/C18H37N3O2/c1-5-7-8-9-11-14-21(3)18(19-6-2)20-13-10-12-15-23-17-16-22-4/h5H,1,6-17H2,2-4H3,(H,19,20). The van der Waals surface area contributed by atoms with Gasteiger partial charge < -0.3 is 19.7 Å². The zero-order chi connectivity index (χ0) is 17.2. The topological polar surface area (TPSA) is 46.1 Å². The van der Waals surface area contributed by atoms with Crippen molar-refractivity contribution in [3.05, 3.63) is 12.7 Å². The largest absolute Gasteiger partial charge is 0.382 e. The summed E-state index contributed by atoms with van der Waals surface area (Å²) in [5.74, 6) is 1.01. The van der Waals surface area contributed by atoms with E-state index in [0.29, 0.717) is 13.2 Å². The van der Waals surface area contributed by atoms with Gasteiger partial charge in [-0.1, -0.05) is 12.5 Å². The first-order valence-corrected chi connectivity index (χ1v) is 8.93. The highest BCUT2D eigenvalue weighted by Gasteiger charge is 2.04. The molecule has 0 unspecified atom stereocenters. The lowest BCUT2D eigenvalue weighted by molar-refractivity contribution is 0.0690. The number of allylic oxidation sites excluding steroid dienone is 1. The molecule has 0 radical (unpaired) electrons. The third-order valence-corrected chi connectivity index (χ3v) is 3.49. The van der Waals surface area contributed by atoms with Crippen LogP contribution < -0.4 is 5.32 Å². The second-order valence-electron chi connectivity index (χ2n) is 5.61. The van der Waals surface area contributed by atoms with Gasteiger partial charge in [0.2, 0.25) is 0 Å². The van der Waals surface area contributed by atoms with Crippen LogP contribution in [-0.2, 0) is 9.47 Å². The number of methoxy groups -OCH3 is 1. The molecule has 0 aromatic heterocycles. The fraction of sp³-hybridized carbons (Fsp3) is 0.833. The van der Waals surface area contributed by atoms with Gasteiger partial charge in [0.25, 0.3) is 0 Å². The van der Waals surface area contributed by atoms with Gasteiger partial charge >= 0.3 is 0 Å². The van der Waals surface area contributed by atoms with Gasteiger partial charge in [0.1, 0.15) is 0 Å². The number of guanidine groups is 1. The minimum absolute atomic E-state index is 0.667. The van der Waals surface area contributed by atoms with Crippen LogP contribution in [0.15, 0.2) is 17.6 Å². The van der Waals surface area contributed by atoms with Crippen LogP contribution in [0.25, 0.3) is 0 Å². The first kappa shape index (κ1) is 21.9. The van der Waals surface area contributed by atoms with Crippen LogP contribution in [0.5, 0.6) is 0 Å². The zero-order valence-electron chi connectivity index (χ0n) is 15.5. The van der Waals surface area contributed by atoms with E-state index >= 15 is 0 Å². The van der Waals surface area contributed by atoms with Gasteiger partial charge in [-0.3, -0.25) is 4.99 Å². The van der Waals surface area contributed by atoms with E-state index in [2.05, 4.69) is 30.8 Å². The molecule has 0 aliphatic rings. The number of nitrogens with zero attached hydrogens (tertiary/aromatic N) is 2. The number of aliphatic imine (C=N–C) groups is 1. The Kier molecular flexibility index (Phi) is 16.5. The van der Waals surface area contributed by atoms with E-state index in [9.17, 15) is 0 Å². The Morgan fingerprint density at radius 1 is 1.13 bits per heavy atom.